The zero-order chi connectivity index (χ0) is 11.5. The molecule has 0 aliphatic carbocycles. The van der Waals surface area contributed by atoms with Gasteiger partial charge in [0, 0.05) is 23.1 Å². The molecule has 1 aromatic heterocycles. The lowest BCUT2D eigenvalue weighted by Gasteiger charge is -2.07. The van der Waals surface area contributed by atoms with E-state index in [4.69, 9.17) is 17.3 Å². The molecule has 0 fully saturated rings. The first-order valence-corrected chi connectivity index (χ1v) is 5.72. The fourth-order valence-corrected chi connectivity index (χ4v) is 1.93. The zero-order valence-electron chi connectivity index (χ0n) is 9.28. The molecule has 0 bridgehead atoms. The van der Waals surface area contributed by atoms with Gasteiger partial charge < -0.3 is 10.3 Å². The molecule has 0 saturated carbocycles. The van der Waals surface area contributed by atoms with Crippen molar-refractivity contribution in [3.05, 3.63) is 52.8 Å². The van der Waals surface area contributed by atoms with Crippen molar-refractivity contribution >= 4 is 11.6 Å². The molecule has 0 aliphatic rings. The lowest BCUT2D eigenvalue weighted by molar-refractivity contribution is 0.960. The number of halogens is 1. The number of hydrogen-bond acceptors (Lipinski definition) is 1. The Bertz CT molecular complexity index is 488. The maximum Gasteiger partial charge on any atom is 0.0493 e. The Labute approximate surface area is 101 Å². The molecule has 16 heavy (non-hydrogen) atoms. The Kier molecular flexibility index (Phi) is 3.32. The van der Waals surface area contributed by atoms with E-state index in [0.717, 1.165) is 17.1 Å². The number of nitrogens with zero attached hydrogens (tertiary/aromatic N) is 1. The van der Waals surface area contributed by atoms with Crippen LogP contribution in [0.1, 0.15) is 11.1 Å². The molecule has 1 aromatic carbocycles. The Balaban J connectivity index is 2.38. The summed E-state index contributed by atoms with van der Waals surface area (Å²) in [4.78, 5) is 0. The van der Waals surface area contributed by atoms with Gasteiger partial charge in [-0.15, -0.1) is 0 Å². The highest BCUT2D eigenvalue weighted by Crippen LogP contribution is 2.20. The topological polar surface area (TPSA) is 30.9 Å². The van der Waals surface area contributed by atoms with Crippen molar-refractivity contribution in [2.24, 2.45) is 5.73 Å². The van der Waals surface area contributed by atoms with Crippen LogP contribution in [0.25, 0.3) is 5.69 Å². The molecule has 0 saturated heterocycles. The fraction of sp³-hybridized carbons (Fsp3) is 0.231. The van der Waals surface area contributed by atoms with E-state index in [2.05, 4.69) is 23.8 Å². The van der Waals surface area contributed by atoms with Crippen LogP contribution in [0, 0.1) is 6.92 Å². The summed E-state index contributed by atoms with van der Waals surface area (Å²) >= 11 is 6.00. The number of aromatic nitrogens is 1. The molecule has 3 heteroatoms. The van der Waals surface area contributed by atoms with Gasteiger partial charge in [-0.3, -0.25) is 0 Å². The second-order valence-corrected chi connectivity index (χ2v) is 4.33. The van der Waals surface area contributed by atoms with Gasteiger partial charge >= 0.3 is 0 Å². The Morgan fingerprint density at radius 1 is 1.31 bits per heavy atom. The predicted molar refractivity (Wildman–Crippen MR) is 68.3 cm³/mol. The molecule has 0 spiro atoms. The molecule has 0 amide bonds. The summed E-state index contributed by atoms with van der Waals surface area (Å²) < 4.78 is 2.09. The first kappa shape index (κ1) is 11.2. The van der Waals surface area contributed by atoms with Crippen LogP contribution in [0.15, 0.2) is 36.7 Å². The van der Waals surface area contributed by atoms with Gasteiger partial charge in [0.15, 0.2) is 0 Å². The monoisotopic (exact) mass is 234 g/mol. The van der Waals surface area contributed by atoms with Crippen molar-refractivity contribution in [1.29, 1.82) is 0 Å². The lowest BCUT2D eigenvalue weighted by atomic mass is 10.2. The van der Waals surface area contributed by atoms with Crippen LogP contribution in [0.5, 0.6) is 0 Å². The van der Waals surface area contributed by atoms with Crippen LogP contribution in [-0.4, -0.2) is 11.1 Å². The molecular formula is C13H15ClN2. The van der Waals surface area contributed by atoms with Crippen LogP contribution in [0.3, 0.4) is 0 Å². The summed E-state index contributed by atoms with van der Waals surface area (Å²) in [5.41, 5.74) is 9.11. The van der Waals surface area contributed by atoms with Crippen molar-refractivity contribution < 1.29 is 0 Å². The molecule has 1 heterocycles. The Morgan fingerprint density at radius 2 is 2.12 bits per heavy atom. The van der Waals surface area contributed by atoms with E-state index in [1.807, 2.05) is 24.4 Å². The van der Waals surface area contributed by atoms with Gasteiger partial charge in [0.1, 0.15) is 0 Å². The molecule has 2 rings (SSSR count). The first-order chi connectivity index (χ1) is 7.70. The molecule has 0 atom stereocenters. The number of nitrogens with two attached hydrogens (primary N) is 1. The lowest BCUT2D eigenvalue weighted by Crippen LogP contribution is -2.01. The second-order valence-electron chi connectivity index (χ2n) is 3.90. The first-order valence-electron chi connectivity index (χ1n) is 5.34. The molecule has 0 unspecified atom stereocenters. The minimum atomic E-state index is 0.679. The number of benzene rings is 1. The van der Waals surface area contributed by atoms with Crippen LogP contribution in [0.4, 0.5) is 0 Å². The van der Waals surface area contributed by atoms with Gasteiger partial charge in [0.25, 0.3) is 0 Å². The standard InChI is InChI=1S/C13H15ClN2/c1-10-2-3-12(14)8-13(10)16-7-5-11(9-16)4-6-15/h2-3,5,7-9H,4,6,15H2,1H3. The SMILES string of the molecule is Cc1ccc(Cl)cc1-n1ccc(CCN)c1. The predicted octanol–water partition coefficient (Wildman–Crippen LogP) is 2.94. The van der Waals surface area contributed by atoms with Crippen LogP contribution in [0.2, 0.25) is 5.02 Å². The third-order valence-corrected chi connectivity index (χ3v) is 2.87. The van der Waals surface area contributed by atoms with E-state index in [1.165, 1.54) is 11.1 Å². The maximum absolute atomic E-state index is 6.00. The summed E-state index contributed by atoms with van der Waals surface area (Å²) in [6.45, 7) is 2.76. The van der Waals surface area contributed by atoms with Crippen LogP contribution >= 0.6 is 11.6 Å². The third kappa shape index (κ3) is 2.29. The van der Waals surface area contributed by atoms with Crippen LogP contribution < -0.4 is 5.73 Å². The number of hydrogen-bond donors (Lipinski definition) is 1. The highest BCUT2D eigenvalue weighted by Gasteiger charge is 2.03. The van der Waals surface area contributed by atoms with Crippen molar-refractivity contribution in [3.8, 4) is 5.69 Å². The summed E-state index contributed by atoms with van der Waals surface area (Å²) in [5.74, 6) is 0. The second kappa shape index (κ2) is 4.73. The van der Waals surface area contributed by atoms with Gasteiger partial charge in [-0.25, -0.2) is 0 Å². The van der Waals surface area contributed by atoms with E-state index in [1.54, 1.807) is 0 Å². The van der Waals surface area contributed by atoms with Crippen LogP contribution in [-0.2, 0) is 6.42 Å². The number of rotatable bonds is 3. The van der Waals surface area contributed by atoms with E-state index < -0.39 is 0 Å². The summed E-state index contributed by atoms with van der Waals surface area (Å²) in [6.07, 6.45) is 5.06. The summed E-state index contributed by atoms with van der Waals surface area (Å²) in [5, 5.41) is 0.759. The Hall–Kier alpha value is -1.25. The van der Waals surface area contributed by atoms with Gasteiger partial charge in [0.2, 0.25) is 0 Å². The maximum atomic E-state index is 6.00. The highest BCUT2D eigenvalue weighted by atomic mass is 35.5. The average molecular weight is 235 g/mol. The number of aryl methyl sites for hydroxylation is 1. The van der Waals surface area contributed by atoms with Crippen molar-refractivity contribution in [3.63, 3.8) is 0 Å². The molecule has 2 N–H and O–H groups in total. The minimum Gasteiger partial charge on any atom is -0.330 e. The minimum absolute atomic E-state index is 0.679. The van der Waals surface area contributed by atoms with Gasteiger partial charge in [-0.05, 0) is 49.2 Å². The van der Waals surface area contributed by atoms with Crippen molar-refractivity contribution in [2.75, 3.05) is 6.54 Å². The molecule has 0 aliphatic heterocycles. The van der Waals surface area contributed by atoms with Gasteiger partial charge in [-0.2, -0.15) is 0 Å². The Morgan fingerprint density at radius 3 is 2.88 bits per heavy atom. The fourth-order valence-electron chi connectivity index (χ4n) is 1.77. The molecule has 2 aromatic rings. The normalized spacial score (nSPS) is 10.7. The van der Waals surface area contributed by atoms with E-state index in [0.29, 0.717) is 6.54 Å². The van der Waals surface area contributed by atoms with Crippen molar-refractivity contribution in [1.82, 2.24) is 4.57 Å². The average Bonchev–Trinajstić information content (AvgIpc) is 2.71. The van der Waals surface area contributed by atoms with E-state index >= 15 is 0 Å². The molecule has 2 nitrogen and oxygen atoms in total. The molecule has 84 valence electrons. The molecule has 0 radical (unpaired) electrons. The van der Waals surface area contributed by atoms with E-state index in [9.17, 15) is 0 Å². The van der Waals surface area contributed by atoms with E-state index in [-0.39, 0.29) is 0 Å². The largest absolute Gasteiger partial charge is 0.330 e. The molecular weight excluding hydrogens is 220 g/mol. The summed E-state index contributed by atoms with van der Waals surface area (Å²) in [6, 6.07) is 8.00. The quantitative estimate of drug-likeness (QED) is 0.870. The summed E-state index contributed by atoms with van der Waals surface area (Å²) in [7, 11) is 0. The highest BCUT2D eigenvalue weighted by molar-refractivity contribution is 6.30. The zero-order valence-corrected chi connectivity index (χ0v) is 10.0. The van der Waals surface area contributed by atoms with Gasteiger partial charge in [0.05, 0.1) is 0 Å². The third-order valence-electron chi connectivity index (χ3n) is 2.64. The van der Waals surface area contributed by atoms with Crippen molar-refractivity contribution in [2.45, 2.75) is 13.3 Å². The smallest absolute Gasteiger partial charge is 0.0493 e. The van der Waals surface area contributed by atoms with Gasteiger partial charge in [-0.1, -0.05) is 17.7 Å².